The summed E-state index contributed by atoms with van der Waals surface area (Å²) >= 11 is 1.86. The van der Waals surface area contributed by atoms with E-state index in [-0.39, 0.29) is 0 Å². The highest BCUT2D eigenvalue weighted by Crippen LogP contribution is 2.41. The fraction of sp³-hybridized carbons (Fsp3) is 0. The number of rotatable bonds is 3. The topological polar surface area (TPSA) is 18.1 Å². The third kappa shape index (κ3) is 3.68. The van der Waals surface area contributed by atoms with E-state index in [1.807, 2.05) is 17.4 Å². The minimum Gasteiger partial charge on any atom is -0.456 e. The number of benzene rings is 7. The molecule has 0 radical (unpaired) electrons. The van der Waals surface area contributed by atoms with E-state index in [9.17, 15) is 0 Å². The van der Waals surface area contributed by atoms with Gasteiger partial charge in [0, 0.05) is 47.4 Å². The molecule has 0 N–H and O–H groups in total. The van der Waals surface area contributed by atoms with Gasteiger partial charge in [0.25, 0.3) is 0 Å². The average molecular weight is 592 g/mol. The molecule has 0 atom stereocenters. The quantitative estimate of drug-likeness (QED) is 0.200. The molecular weight excluding hydrogens is 567 g/mol. The van der Waals surface area contributed by atoms with E-state index in [0.29, 0.717) is 0 Å². The second-order valence-electron chi connectivity index (χ2n) is 11.7. The third-order valence-electron chi connectivity index (χ3n) is 9.23. The average Bonchev–Trinajstić information content (AvgIpc) is 3.77. The number of hydrogen-bond acceptors (Lipinski definition) is 2. The zero-order valence-corrected chi connectivity index (χ0v) is 25.0. The molecule has 3 heteroatoms. The Kier molecular flexibility index (Phi) is 5.19. The van der Waals surface area contributed by atoms with Crippen LogP contribution in [0.3, 0.4) is 0 Å². The first-order chi connectivity index (χ1) is 22.3. The summed E-state index contributed by atoms with van der Waals surface area (Å²) in [6, 6.07) is 54.8. The van der Waals surface area contributed by atoms with Crippen molar-refractivity contribution in [1.82, 2.24) is 4.57 Å². The molecule has 10 rings (SSSR count). The number of furan rings is 1. The van der Waals surface area contributed by atoms with Gasteiger partial charge in [0.15, 0.2) is 0 Å². The van der Waals surface area contributed by atoms with Gasteiger partial charge < -0.3 is 8.98 Å². The van der Waals surface area contributed by atoms with Crippen LogP contribution in [0.1, 0.15) is 0 Å². The van der Waals surface area contributed by atoms with Crippen LogP contribution in [0.2, 0.25) is 0 Å². The summed E-state index contributed by atoms with van der Waals surface area (Å²) in [5.74, 6) is 0. The normalized spacial score (nSPS) is 12.0. The maximum atomic E-state index is 6.25. The van der Waals surface area contributed by atoms with Crippen molar-refractivity contribution in [3.8, 4) is 27.9 Å². The maximum absolute atomic E-state index is 6.25. The van der Waals surface area contributed by atoms with E-state index in [4.69, 9.17) is 4.42 Å². The van der Waals surface area contributed by atoms with Gasteiger partial charge in [0.1, 0.15) is 11.2 Å². The Morgan fingerprint density at radius 2 is 1.02 bits per heavy atom. The van der Waals surface area contributed by atoms with Crippen molar-refractivity contribution in [2.75, 3.05) is 0 Å². The summed E-state index contributed by atoms with van der Waals surface area (Å²) in [4.78, 5) is 0. The largest absolute Gasteiger partial charge is 0.456 e. The predicted octanol–water partition coefficient (Wildman–Crippen LogP) is 12.4. The molecule has 3 aromatic heterocycles. The highest BCUT2D eigenvalue weighted by Gasteiger charge is 2.18. The van der Waals surface area contributed by atoms with Crippen molar-refractivity contribution in [3.63, 3.8) is 0 Å². The number of para-hydroxylation sites is 2. The second-order valence-corrected chi connectivity index (χ2v) is 12.8. The van der Waals surface area contributed by atoms with Crippen LogP contribution in [-0.4, -0.2) is 4.57 Å². The minimum absolute atomic E-state index is 0.924. The number of nitrogens with zero attached hydrogens (tertiary/aromatic N) is 1. The van der Waals surface area contributed by atoms with E-state index in [1.165, 1.54) is 69.6 Å². The Balaban J connectivity index is 1.05. The molecule has 0 aliphatic carbocycles. The highest BCUT2D eigenvalue weighted by atomic mass is 32.1. The lowest BCUT2D eigenvalue weighted by molar-refractivity contribution is 0.669. The van der Waals surface area contributed by atoms with Gasteiger partial charge in [-0.2, -0.15) is 0 Å². The van der Waals surface area contributed by atoms with Gasteiger partial charge in [0.2, 0.25) is 0 Å². The molecule has 7 aromatic carbocycles. The van der Waals surface area contributed by atoms with Gasteiger partial charge in [-0.3, -0.25) is 0 Å². The Labute approximate surface area is 263 Å². The molecule has 0 bridgehead atoms. The number of fused-ring (bicyclic) bond motifs is 10. The smallest absolute Gasteiger partial charge is 0.136 e. The Morgan fingerprint density at radius 3 is 1.84 bits per heavy atom. The van der Waals surface area contributed by atoms with Crippen LogP contribution in [0.15, 0.2) is 156 Å². The van der Waals surface area contributed by atoms with E-state index >= 15 is 0 Å². The number of aromatic nitrogens is 1. The summed E-state index contributed by atoms with van der Waals surface area (Å²) in [5, 5.41) is 7.48. The molecule has 0 saturated carbocycles. The lowest BCUT2D eigenvalue weighted by Crippen LogP contribution is -1.93. The molecule has 0 amide bonds. The molecule has 0 unspecified atom stereocenters. The summed E-state index contributed by atoms with van der Waals surface area (Å²) in [6.07, 6.45) is 0. The van der Waals surface area contributed by atoms with Crippen LogP contribution >= 0.6 is 11.3 Å². The first-order valence-electron chi connectivity index (χ1n) is 15.3. The minimum atomic E-state index is 0.924. The van der Waals surface area contributed by atoms with Crippen molar-refractivity contribution in [2.24, 2.45) is 0 Å². The van der Waals surface area contributed by atoms with Crippen LogP contribution in [0.25, 0.3) is 91.9 Å². The van der Waals surface area contributed by atoms with E-state index < -0.39 is 0 Å². The van der Waals surface area contributed by atoms with E-state index in [0.717, 1.165) is 22.2 Å². The summed E-state index contributed by atoms with van der Waals surface area (Å²) in [7, 11) is 0. The van der Waals surface area contributed by atoms with Crippen LogP contribution < -0.4 is 0 Å². The standard InChI is InChI=1S/C42H25NOS/c1-4-10-35-32(8-1)41-36(22-23-38-42(41)33-9-2-5-11-37(33)44-38)43(35)30-20-17-27(18-21-30)26-13-15-28(16-14-26)29-19-24-40-34(25-29)31-7-3-6-12-39(31)45-40/h1-25H. The predicted molar refractivity (Wildman–Crippen MR) is 192 cm³/mol. The van der Waals surface area contributed by atoms with Gasteiger partial charge in [0.05, 0.1) is 11.0 Å². The van der Waals surface area contributed by atoms with Crippen LogP contribution in [-0.2, 0) is 0 Å². The van der Waals surface area contributed by atoms with Crippen molar-refractivity contribution in [2.45, 2.75) is 0 Å². The molecule has 3 heterocycles. The summed E-state index contributed by atoms with van der Waals surface area (Å²) < 4.78 is 11.3. The Morgan fingerprint density at radius 1 is 0.400 bits per heavy atom. The van der Waals surface area contributed by atoms with Gasteiger partial charge >= 0.3 is 0 Å². The SMILES string of the molecule is c1ccc2c(c1)oc1ccc3c(c4ccccc4n3-c3ccc(-c4ccc(-c5ccc6sc7ccccc7c6c5)cc4)cc3)c12. The maximum Gasteiger partial charge on any atom is 0.136 e. The Hall–Kier alpha value is -5.64. The molecule has 0 saturated heterocycles. The zero-order valence-electron chi connectivity index (χ0n) is 24.2. The van der Waals surface area contributed by atoms with Gasteiger partial charge in [-0.05, 0) is 76.9 Å². The van der Waals surface area contributed by atoms with Crippen LogP contribution in [0.5, 0.6) is 0 Å². The molecule has 0 aliphatic rings. The van der Waals surface area contributed by atoms with Gasteiger partial charge in [-0.15, -0.1) is 11.3 Å². The molecule has 45 heavy (non-hydrogen) atoms. The molecule has 0 fully saturated rings. The monoisotopic (exact) mass is 591 g/mol. The number of thiophene rings is 1. The van der Waals surface area contributed by atoms with Crippen molar-refractivity contribution in [1.29, 1.82) is 0 Å². The first kappa shape index (κ1) is 24.8. The van der Waals surface area contributed by atoms with Gasteiger partial charge in [-0.25, -0.2) is 0 Å². The fourth-order valence-corrected chi connectivity index (χ4v) is 8.20. The molecule has 210 valence electrons. The lowest BCUT2D eigenvalue weighted by atomic mass is 9.99. The first-order valence-corrected chi connectivity index (χ1v) is 16.1. The van der Waals surface area contributed by atoms with E-state index in [2.05, 4.69) is 150 Å². The van der Waals surface area contributed by atoms with Crippen molar-refractivity contribution >= 4 is 75.3 Å². The van der Waals surface area contributed by atoms with Crippen molar-refractivity contribution in [3.05, 3.63) is 152 Å². The number of hydrogen-bond donors (Lipinski definition) is 0. The molecule has 10 aromatic rings. The lowest BCUT2D eigenvalue weighted by Gasteiger charge is -2.10. The molecule has 0 aliphatic heterocycles. The zero-order chi connectivity index (χ0) is 29.5. The second kappa shape index (κ2) is 9.43. The highest BCUT2D eigenvalue weighted by molar-refractivity contribution is 7.25. The molecule has 2 nitrogen and oxygen atoms in total. The molecular formula is C42H25NOS. The summed E-state index contributed by atoms with van der Waals surface area (Å²) in [6.45, 7) is 0. The van der Waals surface area contributed by atoms with Crippen molar-refractivity contribution < 1.29 is 4.42 Å². The third-order valence-corrected chi connectivity index (χ3v) is 10.4. The summed E-state index contributed by atoms with van der Waals surface area (Å²) in [5.41, 5.74) is 10.3. The van der Waals surface area contributed by atoms with Gasteiger partial charge in [-0.1, -0.05) is 97.1 Å². The van der Waals surface area contributed by atoms with Crippen LogP contribution in [0.4, 0.5) is 0 Å². The fourth-order valence-electron chi connectivity index (χ4n) is 7.12. The van der Waals surface area contributed by atoms with Crippen LogP contribution in [0, 0.1) is 0 Å². The Bertz CT molecular complexity index is 2740. The molecule has 0 spiro atoms. The van der Waals surface area contributed by atoms with E-state index in [1.54, 1.807) is 0 Å².